The van der Waals surface area contributed by atoms with E-state index in [9.17, 15) is 5.11 Å². The van der Waals surface area contributed by atoms with Crippen LogP contribution in [-0.2, 0) is 12.1 Å². The van der Waals surface area contributed by atoms with Crippen molar-refractivity contribution in [2.45, 2.75) is 38.5 Å². The van der Waals surface area contributed by atoms with Gasteiger partial charge in [-0.15, -0.1) is 5.10 Å². The lowest BCUT2D eigenvalue weighted by molar-refractivity contribution is 0.0406. The monoisotopic (exact) mass is 326 g/mol. The molecule has 1 saturated heterocycles. The molecular formula is C17H22N6O. The number of fused-ring (bicyclic) bond motifs is 1. The second-order valence-electron chi connectivity index (χ2n) is 6.87. The summed E-state index contributed by atoms with van der Waals surface area (Å²) in [5, 5.41) is 19.3. The molecule has 7 nitrogen and oxygen atoms in total. The third kappa shape index (κ3) is 2.70. The van der Waals surface area contributed by atoms with Gasteiger partial charge in [0.25, 0.3) is 0 Å². The van der Waals surface area contributed by atoms with E-state index >= 15 is 0 Å². The summed E-state index contributed by atoms with van der Waals surface area (Å²) < 4.78 is 1.79. The summed E-state index contributed by atoms with van der Waals surface area (Å²) in [7, 11) is 0. The largest absolute Gasteiger partial charge is 0.382 e. The van der Waals surface area contributed by atoms with Crippen LogP contribution in [0, 0.1) is 0 Å². The molecule has 3 aromatic rings. The second kappa shape index (κ2) is 5.68. The zero-order valence-electron chi connectivity index (χ0n) is 14.0. The fraction of sp³-hybridized carbons (Fsp3) is 0.471. The number of nitrogens with one attached hydrogen (secondary N) is 1. The highest BCUT2D eigenvalue weighted by Gasteiger charge is 2.40. The highest BCUT2D eigenvalue weighted by molar-refractivity contribution is 5.74. The lowest BCUT2D eigenvalue weighted by Gasteiger charge is -2.20. The molecule has 0 aliphatic carbocycles. The molecule has 1 aliphatic rings. The van der Waals surface area contributed by atoms with Gasteiger partial charge in [-0.1, -0.05) is 17.3 Å². The summed E-state index contributed by atoms with van der Waals surface area (Å²) in [5.41, 5.74) is 1.74. The molecule has 4 rings (SSSR count). The minimum absolute atomic E-state index is 0.239. The van der Waals surface area contributed by atoms with E-state index in [0.717, 1.165) is 23.4 Å². The Bertz CT molecular complexity index is 821. The number of aromatic nitrogens is 5. The fourth-order valence-electron chi connectivity index (χ4n) is 3.25. The van der Waals surface area contributed by atoms with Gasteiger partial charge in [0, 0.05) is 19.1 Å². The van der Waals surface area contributed by atoms with E-state index < -0.39 is 5.60 Å². The van der Waals surface area contributed by atoms with Crippen LogP contribution in [0.25, 0.3) is 11.0 Å². The van der Waals surface area contributed by atoms with Crippen LogP contribution in [-0.4, -0.2) is 48.1 Å². The number of imidazole rings is 1. The van der Waals surface area contributed by atoms with Gasteiger partial charge in [-0.05, 0) is 32.4 Å². The third-order valence-electron chi connectivity index (χ3n) is 4.65. The van der Waals surface area contributed by atoms with E-state index in [1.54, 1.807) is 4.68 Å². The highest BCUT2D eigenvalue weighted by Crippen LogP contribution is 2.31. The lowest BCUT2D eigenvalue weighted by atomic mass is 10.00. The minimum atomic E-state index is -0.931. The Labute approximate surface area is 140 Å². The molecule has 3 heterocycles. The van der Waals surface area contributed by atoms with Gasteiger partial charge in [0.15, 0.2) is 0 Å². The first kappa shape index (κ1) is 15.3. The Kier molecular flexibility index (Phi) is 3.62. The Morgan fingerprint density at radius 2 is 2.17 bits per heavy atom. The van der Waals surface area contributed by atoms with Crippen molar-refractivity contribution in [2.24, 2.45) is 0 Å². The van der Waals surface area contributed by atoms with E-state index in [1.165, 1.54) is 0 Å². The highest BCUT2D eigenvalue weighted by atomic mass is 16.3. The summed E-state index contributed by atoms with van der Waals surface area (Å²) in [6.07, 6.45) is 2.51. The predicted octanol–water partition coefficient (Wildman–Crippen LogP) is 1.83. The second-order valence-corrected chi connectivity index (χ2v) is 6.87. The van der Waals surface area contributed by atoms with Gasteiger partial charge in [-0.2, -0.15) is 0 Å². The number of nitrogens with zero attached hydrogens (tertiary/aromatic N) is 5. The Morgan fingerprint density at radius 3 is 2.92 bits per heavy atom. The van der Waals surface area contributed by atoms with E-state index in [0.29, 0.717) is 25.2 Å². The van der Waals surface area contributed by atoms with E-state index in [4.69, 9.17) is 0 Å². The fourth-order valence-corrected chi connectivity index (χ4v) is 3.25. The minimum Gasteiger partial charge on any atom is -0.382 e. The number of aromatic amines is 1. The molecule has 0 amide bonds. The van der Waals surface area contributed by atoms with Crippen LogP contribution in [0.15, 0.2) is 30.5 Å². The number of benzene rings is 1. The summed E-state index contributed by atoms with van der Waals surface area (Å²) >= 11 is 0. The van der Waals surface area contributed by atoms with Gasteiger partial charge in [-0.3, -0.25) is 4.90 Å². The van der Waals surface area contributed by atoms with Crippen molar-refractivity contribution in [3.05, 3.63) is 42.0 Å². The first-order valence-electron chi connectivity index (χ1n) is 8.34. The zero-order valence-corrected chi connectivity index (χ0v) is 14.0. The molecule has 0 saturated carbocycles. The van der Waals surface area contributed by atoms with Crippen LogP contribution >= 0.6 is 0 Å². The number of para-hydroxylation sites is 2. The van der Waals surface area contributed by atoms with Crippen molar-refractivity contribution in [3.8, 4) is 0 Å². The van der Waals surface area contributed by atoms with Gasteiger partial charge in [0.2, 0.25) is 0 Å². The number of rotatable bonds is 4. The van der Waals surface area contributed by atoms with Crippen molar-refractivity contribution >= 4 is 11.0 Å². The van der Waals surface area contributed by atoms with Gasteiger partial charge in [-0.25, -0.2) is 9.67 Å². The molecule has 1 fully saturated rings. The SMILES string of the molecule is CC(C)n1cc(C2(O)CCN(Cc3nc4ccccc4[nH]3)C2)nn1. The van der Waals surface area contributed by atoms with Crippen LogP contribution in [0.5, 0.6) is 0 Å². The number of hydrogen-bond donors (Lipinski definition) is 2. The summed E-state index contributed by atoms with van der Waals surface area (Å²) in [6.45, 7) is 6.13. The summed E-state index contributed by atoms with van der Waals surface area (Å²) in [5.74, 6) is 0.922. The molecule has 1 aromatic carbocycles. The van der Waals surface area contributed by atoms with Crippen LogP contribution in [0.1, 0.15) is 37.8 Å². The maximum atomic E-state index is 11.0. The maximum absolute atomic E-state index is 11.0. The standard InChI is InChI=1S/C17H22N6O/c1-12(2)23-9-15(20-21-23)17(24)7-8-22(11-17)10-16-18-13-5-3-4-6-14(13)19-16/h3-6,9,12,24H,7-8,10-11H2,1-2H3,(H,18,19). The number of likely N-dealkylation sites (tertiary alicyclic amines) is 1. The molecule has 0 radical (unpaired) electrons. The molecule has 24 heavy (non-hydrogen) atoms. The normalized spacial score (nSPS) is 22.0. The van der Waals surface area contributed by atoms with Crippen LogP contribution in [0.3, 0.4) is 0 Å². The molecule has 0 spiro atoms. The molecule has 1 aliphatic heterocycles. The summed E-state index contributed by atoms with van der Waals surface area (Å²) in [4.78, 5) is 10.2. The first-order chi connectivity index (χ1) is 11.5. The molecule has 0 bridgehead atoms. The molecular weight excluding hydrogens is 304 g/mol. The average Bonchev–Trinajstić information content (AvgIpc) is 3.25. The number of aliphatic hydroxyl groups is 1. The van der Waals surface area contributed by atoms with Crippen LogP contribution in [0.2, 0.25) is 0 Å². The molecule has 1 atom stereocenters. The van der Waals surface area contributed by atoms with Crippen molar-refractivity contribution in [2.75, 3.05) is 13.1 Å². The first-order valence-corrected chi connectivity index (χ1v) is 8.34. The van der Waals surface area contributed by atoms with Gasteiger partial charge < -0.3 is 10.1 Å². The topological polar surface area (TPSA) is 82.9 Å². The van der Waals surface area contributed by atoms with Gasteiger partial charge >= 0.3 is 0 Å². The predicted molar refractivity (Wildman–Crippen MR) is 90.3 cm³/mol. The molecule has 1 unspecified atom stereocenters. The quantitative estimate of drug-likeness (QED) is 0.764. The van der Waals surface area contributed by atoms with Crippen molar-refractivity contribution in [1.82, 2.24) is 29.9 Å². The van der Waals surface area contributed by atoms with E-state index in [-0.39, 0.29) is 6.04 Å². The van der Waals surface area contributed by atoms with Crippen LogP contribution in [0.4, 0.5) is 0 Å². The van der Waals surface area contributed by atoms with Crippen molar-refractivity contribution < 1.29 is 5.11 Å². The van der Waals surface area contributed by atoms with E-state index in [2.05, 4.69) is 25.2 Å². The summed E-state index contributed by atoms with van der Waals surface area (Å²) in [6, 6.07) is 8.25. The Balaban J connectivity index is 1.48. The molecule has 126 valence electrons. The average molecular weight is 326 g/mol. The lowest BCUT2D eigenvalue weighted by Crippen LogP contribution is -2.31. The maximum Gasteiger partial charge on any atom is 0.124 e. The molecule has 2 aromatic heterocycles. The Morgan fingerprint density at radius 1 is 1.33 bits per heavy atom. The molecule has 2 N–H and O–H groups in total. The number of β-amino-alcohol motifs (C(OH)–C–C–N with tert-alkyl or cyclic N) is 1. The number of H-pyrrole nitrogens is 1. The van der Waals surface area contributed by atoms with Gasteiger partial charge in [0.1, 0.15) is 17.1 Å². The van der Waals surface area contributed by atoms with E-state index in [1.807, 2.05) is 44.3 Å². The zero-order chi connectivity index (χ0) is 16.7. The third-order valence-corrected chi connectivity index (χ3v) is 4.65. The molecule has 7 heteroatoms. The number of hydrogen-bond acceptors (Lipinski definition) is 5. The van der Waals surface area contributed by atoms with Crippen LogP contribution < -0.4 is 0 Å². The van der Waals surface area contributed by atoms with Gasteiger partial charge in [0.05, 0.1) is 23.8 Å². The van der Waals surface area contributed by atoms with Crippen molar-refractivity contribution in [1.29, 1.82) is 0 Å². The Hall–Kier alpha value is -2.25. The smallest absolute Gasteiger partial charge is 0.124 e. The van der Waals surface area contributed by atoms with Crippen molar-refractivity contribution in [3.63, 3.8) is 0 Å².